The molecule has 5 nitrogen and oxygen atoms in total. The monoisotopic (exact) mass is 373 g/mol. The van der Waals surface area contributed by atoms with Gasteiger partial charge < -0.3 is 9.84 Å². The van der Waals surface area contributed by atoms with E-state index in [9.17, 15) is 14.7 Å². The molecular formula is C17H12BrNO4. The van der Waals surface area contributed by atoms with Crippen LogP contribution < -0.4 is 10.3 Å². The maximum Gasteiger partial charge on any atom is 0.308 e. The fourth-order valence-electron chi connectivity index (χ4n) is 2.32. The van der Waals surface area contributed by atoms with Crippen LogP contribution in [0, 0.1) is 0 Å². The number of fused-ring (bicyclic) bond motifs is 1. The van der Waals surface area contributed by atoms with Crippen LogP contribution in [0.25, 0.3) is 16.5 Å². The number of carbonyl (C=O) groups is 1. The number of carbonyl (C=O) groups excluding carboxylic acids is 1. The Balaban J connectivity index is 2.13. The second-order valence-corrected chi connectivity index (χ2v) is 5.82. The molecule has 0 atom stereocenters. The van der Waals surface area contributed by atoms with Gasteiger partial charge in [0.25, 0.3) is 5.56 Å². The fourth-order valence-corrected chi connectivity index (χ4v) is 2.85. The van der Waals surface area contributed by atoms with Gasteiger partial charge in [-0.25, -0.2) is 0 Å². The summed E-state index contributed by atoms with van der Waals surface area (Å²) < 4.78 is 7.15. The molecule has 3 aromatic rings. The molecule has 2 aromatic carbocycles. The summed E-state index contributed by atoms with van der Waals surface area (Å²) in [5.74, 6) is 0.114. The number of ether oxygens (including phenoxy) is 1. The van der Waals surface area contributed by atoms with Gasteiger partial charge in [-0.2, -0.15) is 0 Å². The lowest BCUT2D eigenvalue weighted by Crippen LogP contribution is -2.18. The highest BCUT2D eigenvalue weighted by atomic mass is 79.9. The molecule has 0 saturated carbocycles. The summed E-state index contributed by atoms with van der Waals surface area (Å²) in [7, 11) is 0. The normalized spacial score (nSPS) is 10.7. The Morgan fingerprint density at radius 1 is 1.13 bits per heavy atom. The molecule has 3 rings (SSSR count). The first-order valence-electron chi connectivity index (χ1n) is 6.78. The molecule has 0 aliphatic carbocycles. The smallest absolute Gasteiger partial charge is 0.308 e. The molecule has 0 radical (unpaired) electrons. The van der Waals surface area contributed by atoms with Crippen molar-refractivity contribution in [3.63, 3.8) is 0 Å². The molecule has 0 amide bonds. The van der Waals surface area contributed by atoms with E-state index in [0.717, 1.165) is 0 Å². The van der Waals surface area contributed by atoms with Crippen molar-refractivity contribution < 1.29 is 14.6 Å². The topological polar surface area (TPSA) is 68.5 Å². The van der Waals surface area contributed by atoms with Crippen LogP contribution >= 0.6 is 15.9 Å². The summed E-state index contributed by atoms with van der Waals surface area (Å²) in [6.07, 6.45) is 1.64. The predicted octanol–water partition coefficient (Wildman–Crippen LogP) is 3.38. The molecule has 0 fully saturated rings. The lowest BCUT2D eigenvalue weighted by Gasteiger charge is -2.10. The first-order valence-corrected chi connectivity index (χ1v) is 7.58. The van der Waals surface area contributed by atoms with E-state index >= 15 is 0 Å². The second-order valence-electron chi connectivity index (χ2n) is 4.97. The summed E-state index contributed by atoms with van der Waals surface area (Å²) in [6.45, 7) is 1.33. The van der Waals surface area contributed by atoms with E-state index < -0.39 is 5.97 Å². The Kier molecular flexibility index (Phi) is 3.92. The van der Waals surface area contributed by atoms with Gasteiger partial charge in [-0.05, 0) is 58.4 Å². The van der Waals surface area contributed by atoms with Crippen LogP contribution in [0.4, 0.5) is 0 Å². The molecule has 0 unspecified atom stereocenters. The molecular weight excluding hydrogens is 362 g/mol. The van der Waals surface area contributed by atoms with Crippen LogP contribution in [0.15, 0.2) is 57.9 Å². The molecule has 0 aliphatic rings. The number of hydrogen-bond acceptors (Lipinski definition) is 4. The van der Waals surface area contributed by atoms with Crippen LogP contribution in [0.2, 0.25) is 0 Å². The lowest BCUT2D eigenvalue weighted by molar-refractivity contribution is -0.131. The van der Waals surface area contributed by atoms with E-state index in [1.807, 2.05) is 0 Å². The first kappa shape index (κ1) is 15.3. The number of phenolic OH excluding ortho intramolecular Hbond substituents is 1. The van der Waals surface area contributed by atoms with Crippen LogP contribution in [0.3, 0.4) is 0 Å². The largest absolute Gasteiger partial charge is 0.508 e. The zero-order valence-corrected chi connectivity index (χ0v) is 13.7. The number of halogens is 1. The van der Waals surface area contributed by atoms with Gasteiger partial charge in [-0.1, -0.05) is 0 Å². The summed E-state index contributed by atoms with van der Waals surface area (Å²) in [5.41, 5.74) is 0.435. The standard InChI is InChI=1S/C17H12BrNO4/c1-10(20)23-13-5-2-11(3-6-13)19-9-16(18)15-8-12(21)4-7-14(15)17(19)22/h2-9,21H,1H3. The molecule has 0 spiro atoms. The Labute approximate surface area is 139 Å². The number of esters is 1. The molecule has 1 heterocycles. The number of benzene rings is 2. The molecule has 0 bridgehead atoms. The maximum absolute atomic E-state index is 12.6. The zero-order valence-electron chi connectivity index (χ0n) is 12.1. The number of aromatic hydroxyl groups is 1. The van der Waals surface area contributed by atoms with Gasteiger partial charge in [0, 0.05) is 34.1 Å². The minimum Gasteiger partial charge on any atom is -0.508 e. The number of rotatable bonds is 2. The maximum atomic E-state index is 12.6. The van der Waals surface area contributed by atoms with Crippen molar-refractivity contribution in [2.45, 2.75) is 6.92 Å². The Morgan fingerprint density at radius 2 is 1.83 bits per heavy atom. The highest BCUT2D eigenvalue weighted by molar-refractivity contribution is 9.10. The van der Waals surface area contributed by atoms with Crippen molar-refractivity contribution in [2.75, 3.05) is 0 Å². The van der Waals surface area contributed by atoms with Crippen LogP contribution in [-0.4, -0.2) is 15.6 Å². The highest BCUT2D eigenvalue weighted by Crippen LogP contribution is 2.26. The van der Waals surface area contributed by atoms with E-state index in [1.54, 1.807) is 36.5 Å². The molecule has 0 saturated heterocycles. The summed E-state index contributed by atoms with van der Waals surface area (Å²) in [4.78, 5) is 23.6. The molecule has 23 heavy (non-hydrogen) atoms. The molecule has 6 heteroatoms. The fraction of sp³-hybridized carbons (Fsp3) is 0.0588. The van der Waals surface area contributed by atoms with Gasteiger partial charge in [0.15, 0.2) is 0 Å². The van der Waals surface area contributed by atoms with Crippen LogP contribution in [0.5, 0.6) is 11.5 Å². The van der Waals surface area contributed by atoms with E-state index in [2.05, 4.69) is 15.9 Å². The average Bonchev–Trinajstić information content (AvgIpc) is 2.51. The zero-order chi connectivity index (χ0) is 16.6. The van der Waals surface area contributed by atoms with Gasteiger partial charge in [-0.15, -0.1) is 0 Å². The number of hydrogen-bond donors (Lipinski definition) is 1. The third-order valence-corrected chi connectivity index (χ3v) is 3.96. The molecule has 116 valence electrons. The van der Waals surface area contributed by atoms with Crippen molar-refractivity contribution >= 4 is 32.7 Å². The summed E-state index contributed by atoms with van der Waals surface area (Å²) in [6, 6.07) is 11.2. The highest BCUT2D eigenvalue weighted by Gasteiger charge is 2.10. The number of aromatic nitrogens is 1. The van der Waals surface area contributed by atoms with Crippen LogP contribution in [-0.2, 0) is 4.79 Å². The van der Waals surface area contributed by atoms with Gasteiger partial charge in [0.05, 0.1) is 0 Å². The number of pyridine rings is 1. The van der Waals surface area contributed by atoms with Crippen molar-refractivity contribution in [2.24, 2.45) is 0 Å². The molecule has 0 aliphatic heterocycles. The molecule has 1 aromatic heterocycles. The third-order valence-electron chi connectivity index (χ3n) is 3.33. The quantitative estimate of drug-likeness (QED) is 0.552. The van der Waals surface area contributed by atoms with Gasteiger partial charge in [-0.3, -0.25) is 14.2 Å². The minimum atomic E-state index is -0.400. The van der Waals surface area contributed by atoms with E-state index in [4.69, 9.17) is 4.74 Å². The van der Waals surface area contributed by atoms with Crippen molar-refractivity contribution in [1.82, 2.24) is 4.57 Å². The van der Waals surface area contributed by atoms with Gasteiger partial charge >= 0.3 is 5.97 Å². The Hall–Kier alpha value is -2.60. The molecule has 1 N–H and O–H groups in total. The van der Waals surface area contributed by atoms with Gasteiger partial charge in [0.2, 0.25) is 0 Å². The SMILES string of the molecule is CC(=O)Oc1ccc(-n2cc(Br)c3cc(O)ccc3c2=O)cc1. The second kappa shape index (κ2) is 5.89. The number of phenols is 1. The third kappa shape index (κ3) is 2.98. The number of nitrogens with zero attached hydrogens (tertiary/aromatic N) is 1. The Bertz CT molecular complexity index is 961. The van der Waals surface area contributed by atoms with E-state index in [-0.39, 0.29) is 11.3 Å². The van der Waals surface area contributed by atoms with Crippen molar-refractivity contribution in [1.29, 1.82) is 0 Å². The Morgan fingerprint density at radius 3 is 2.48 bits per heavy atom. The van der Waals surface area contributed by atoms with Crippen molar-refractivity contribution in [3.8, 4) is 17.2 Å². The van der Waals surface area contributed by atoms with E-state index in [1.165, 1.54) is 23.6 Å². The van der Waals surface area contributed by atoms with Gasteiger partial charge in [0.1, 0.15) is 11.5 Å². The first-order chi connectivity index (χ1) is 11.0. The minimum absolute atomic E-state index is 0.0982. The predicted molar refractivity (Wildman–Crippen MR) is 90.2 cm³/mol. The lowest BCUT2D eigenvalue weighted by atomic mass is 10.1. The van der Waals surface area contributed by atoms with E-state index in [0.29, 0.717) is 26.7 Å². The summed E-state index contributed by atoms with van der Waals surface area (Å²) in [5, 5.41) is 10.7. The van der Waals surface area contributed by atoms with Crippen molar-refractivity contribution in [3.05, 3.63) is 63.5 Å². The summed E-state index contributed by atoms with van der Waals surface area (Å²) >= 11 is 3.42. The van der Waals surface area contributed by atoms with Crippen LogP contribution in [0.1, 0.15) is 6.92 Å². The average molecular weight is 374 g/mol.